The number of halogens is 2. The Morgan fingerprint density at radius 3 is 2.30 bits per heavy atom. The molecule has 0 saturated heterocycles. The van der Waals surface area contributed by atoms with Gasteiger partial charge < -0.3 is 5.73 Å². The largest absolute Gasteiger partial charge is 0.399 e. The van der Waals surface area contributed by atoms with Crippen molar-refractivity contribution in [3.63, 3.8) is 0 Å². The Morgan fingerprint density at radius 2 is 1.65 bits per heavy atom. The van der Waals surface area contributed by atoms with Gasteiger partial charge in [-0.15, -0.1) is 15.0 Å². The summed E-state index contributed by atoms with van der Waals surface area (Å²) in [6.07, 6.45) is 0. The summed E-state index contributed by atoms with van der Waals surface area (Å²) in [6.45, 7) is 0. The number of rotatable bonds is 2. The van der Waals surface area contributed by atoms with Crippen molar-refractivity contribution in [1.82, 2.24) is 20.2 Å². The molecule has 3 rings (SSSR count). The highest BCUT2D eigenvalue weighted by molar-refractivity contribution is 5.54. The van der Waals surface area contributed by atoms with E-state index in [1.54, 1.807) is 24.3 Å². The molecule has 0 aliphatic rings. The highest BCUT2D eigenvalue weighted by Gasteiger charge is 2.16. The lowest BCUT2D eigenvalue weighted by Gasteiger charge is -2.03. The van der Waals surface area contributed by atoms with E-state index in [2.05, 4.69) is 15.4 Å². The van der Waals surface area contributed by atoms with Crippen molar-refractivity contribution < 1.29 is 8.78 Å². The molecule has 0 fully saturated rings. The van der Waals surface area contributed by atoms with Crippen LogP contribution in [0, 0.1) is 11.6 Å². The van der Waals surface area contributed by atoms with Gasteiger partial charge in [-0.3, -0.25) is 0 Å². The van der Waals surface area contributed by atoms with Gasteiger partial charge in [-0.05, 0) is 17.3 Å². The summed E-state index contributed by atoms with van der Waals surface area (Å²) in [5.74, 6) is -1.42. The van der Waals surface area contributed by atoms with Crippen molar-refractivity contribution in [1.29, 1.82) is 0 Å². The number of anilines is 1. The highest BCUT2D eigenvalue weighted by Crippen LogP contribution is 2.20. The SMILES string of the molecule is Nc1cc(F)c(-n2nnc(-c3ccccc3)n2)c(F)c1. The van der Waals surface area contributed by atoms with E-state index in [9.17, 15) is 8.78 Å². The van der Waals surface area contributed by atoms with E-state index in [0.29, 0.717) is 5.56 Å². The average Bonchev–Trinajstić information content (AvgIpc) is 2.88. The van der Waals surface area contributed by atoms with Gasteiger partial charge in [-0.1, -0.05) is 30.3 Å². The second-order valence-corrected chi connectivity index (χ2v) is 4.10. The van der Waals surface area contributed by atoms with Crippen LogP contribution in [-0.4, -0.2) is 20.2 Å². The van der Waals surface area contributed by atoms with Crippen molar-refractivity contribution in [2.24, 2.45) is 0 Å². The summed E-state index contributed by atoms with van der Waals surface area (Å²) in [6, 6.07) is 11.0. The molecule has 0 spiro atoms. The first kappa shape index (κ1) is 12.2. The molecule has 2 N–H and O–H groups in total. The van der Waals surface area contributed by atoms with Crippen LogP contribution >= 0.6 is 0 Å². The van der Waals surface area contributed by atoms with E-state index in [1.807, 2.05) is 6.07 Å². The van der Waals surface area contributed by atoms with Crippen molar-refractivity contribution in [2.45, 2.75) is 0 Å². The van der Waals surface area contributed by atoms with Gasteiger partial charge in [0, 0.05) is 11.3 Å². The topological polar surface area (TPSA) is 69.6 Å². The molecule has 7 heteroatoms. The predicted molar refractivity (Wildman–Crippen MR) is 68.9 cm³/mol. The Labute approximate surface area is 112 Å². The number of aromatic nitrogens is 4. The van der Waals surface area contributed by atoms with Crippen LogP contribution in [0.5, 0.6) is 0 Å². The lowest BCUT2D eigenvalue weighted by atomic mass is 10.2. The van der Waals surface area contributed by atoms with E-state index >= 15 is 0 Å². The third kappa shape index (κ3) is 2.09. The van der Waals surface area contributed by atoms with Crippen molar-refractivity contribution >= 4 is 5.69 Å². The minimum atomic E-state index is -0.848. The maximum atomic E-state index is 13.8. The van der Waals surface area contributed by atoms with Gasteiger partial charge in [-0.25, -0.2) is 8.78 Å². The molecule has 1 aromatic heterocycles. The maximum absolute atomic E-state index is 13.8. The second kappa shape index (κ2) is 4.69. The quantitative estimate of drug-likeness (QED) is 0.727. The molecule has 0 atom stereocenters. The number of tetrazole rings is 1. The fourth-order valence-corrected chi connectivity index (χ4v) is 1.79. The zero-order chi connectivity index (χ0) is 14.1. The van der Waals surface area contributed by atoms with E-state index in [1.165, 1.54) is 0 Å². The van der Waals surface area contributed by atoms with Crippen LogP contribution in [0.15, 0.2) is 42.5 Å². The zero-order valence-electron chi connectivity index (χ0n) is 10.2. The smallest absolute Gasteiger partial charge is 0.205 e. The van der Waals surface area contributed by atoms with E-state index in [-0.39, 0.29) is 11.5 Å². The first-order valence-corrected chi connectivity index (χ1v) is 5.75. The maximum Gasteiger partial charge on any atom is 0.205 e. The Kier molecular flexibility index (Phi) is 2.86. The Balaban J connectivity index is 2.07. The molecule has 3 aromatic rings. The lowest BCUT2D eigenvalue weighted by Crippen LogP contribution is -2.06. The molecule has 0 saturated carbocycles. The third-order valence-corrected chi connectivity index (χ3v) is 2.68. The molecule has 0 aliphatic carbocycles. The van der Waals surface area contributed by atoms with Gasteiger partial charge in [0.05, 0.1) is 0 Å². The van der Waals surface area contributed by atoms with Crippen LogP contribution in [0.1, 0.15) is 0 Å². The summed E-state index contributed by atoms with van der Waals surface area (Å²) in [5.41, 5.74) is 5.64. The number of hydrogen-bond donors (Lipinski definition) is 1. The van der Waals surface area contributed by atoms with Crippen LogP contribution < -0.4 is 5.73 Å². The normalized spacial score (nSPS) is 10.7. The molecular formula is C13H9F2N5. The average molecular weight is 273 g/mol. The summed E-state index contributed by atoms with van der Waals surface area (Å²) < 4.78 is 27.5. The Hall–Kier alpha value is -2.83. The predicted octanol–water partition coefficient (Wildman–Crippen LogP) is 2.19. The number of nitrogen functional groups attached to an aromatic ring is 1. The van der Waals surface area contributed by atoms with Crippen LogP contribution in [0.3, 0.4) is 0 Å². The van der Waals surface area contributed by atoms with Crippen molar-refractivity contribution in [3.05, 3.63) is 54.1 Å². The highest BCUT2D eigenvalue weighted by atomic mass is 19.1. The van der Waals surface area contributed by atoms with Gasteiger partial charge >= 0.3 is 0 Å². The Morgan fingerprint density at radius 1 is 1.00 bits per heavy atom. The molecule has 0 unspecified atom stereocenters. The molecule has 0 radical (unpaired) electrons. The van der Waals surface area contributed by atoms with Crippen LogP contribution in [0.2, 0.25) is 0 Å². The Bertz CT molecular complexity index is 731. The monoisotopic (exact) mass is 273 g/mol. The van der Waals surface area contributed by atoms with Gasteiger partial charge in [0.2, 0.25) is 5.82 Å². The third-order valence-electron chi connectivity index (χ3n) is 2.68. The summed E-state index contributed by atoms with van der Waals surface area (Å²) in [7, 11) is 0. The van der Waals surface area contributed by atoms with E-state index in [4.69, 9.17) is 5.73 Å². The molecule has 1 heterocycles. The standard InChI is InChI=1S/C13H9F2N5/c14-10-6-9(16)7-11(15)12(10)20-18-13(17-19-20)8-4-2-1-3-5-8/h1-7H,16H2. The number of benzene rings is 2. The molecule has 20 heavy (non-hydrogen) atoms. The van der Waals surface area contributed by atoms with Crippen LogP contribution in [-0.2, 0) is 0 Å². The van der Waals surface area contributed by atoms with E-state index in [0.717, 1.165) is 16.9 Å². The summed E-state index contributed by atoms with van der Waals surface area (Å²) in [5, 5.41) is 11.4. The molecule has 2 aromatic carbocycles. The lowest BCUT2D eigenvalue weighted by molar-refractivity contribution is 0.542. The zero-order valence-corrected chi connectivity index (χ0v) is 10.2. The second-order valence-electron chi connectivity index (χ2n) is 4.10. The van der Waals surface area contributed by atoms with Crippen molar-refractivity contribution in [2.75, 3.05) is 5.73 Å². The molecule has 0 amide bonds. The summed E-state index contributed by atoms with van der Waals surface area (Å²) in [4.78, 5) is 0.812. The van der Waals surface area contributed by atoms with Crippen molar-refractivity contribution in [3.8, 4) is 17.1 Å². The minimum absolute atomic E-state index is 0.00727. The number of hydrogen-bond acceptors (Lipinski definition) is 4. The first-order chi connectivity index (χ1) is 9.65. The molecule has 100 valence electrons. The van der Waals surface area contributed by atoms with Crippen LogP contribution in [0.25, 0.3) is 17.1 Å². The number of nitrogens with zero attached hydrogens (tertiary/aromatic N) is 4. The number of nitrogens with two attached hydrogens (primary N) is 1. The minimum Gasteiger partial charge on any atom is -0.399 e. The molecule has 0 bridgehead atoms. The summed E-state index contributed by atoms with van der Waals surface area (Å²) >= 11 is 0. The molecular weight excluding hydrogens is 264 g/mol. The molecule has 0 aliphatic heterocycles. The van der Waals surface area contributed by atoms with Gasteiger partial charge in [0.1, 0.15) is 0 Å². The van der Waals surface area contributed by atoms with E-state index < -0.39 is 17.3 Å². The van der Waals surface area contributed by atoms with Gasteiger partial charge in [-0.2, -0.15) is 0 Å². The fourth-order valence-electron chi connectivity index (χ4n) is 1.79. The fraction of sp³-hybridized carbons (Fsp3) is 0. The van der Waals surface area contributed by atoms with Crippen LogP contribution in [0.4, 0.5) is 14.5 Å². The first-order valence-electron chi connectivity index (χ1n) is 5.75. The van der Waals surface area contributed by atoms with Gasteiger partial charge in [0.15, 0.2) is 17.3 Å². The van der Waals surface area contributed by atoms with Gasteiger partial charge in [0.25, 0.3) is 0 Å². The molecule has 5 nitrogen and oxygen atoms in total.